The van der Waals surface area contributed by atoms with Crippen LogP contribution in [0.5, 0.6) is 0 Å². The van der Waals surface area contributed by atoms with E-state index in [0.717, 1.165) is 24.9 Å². The van der Waals surface area contributed by atoms with Crippen molar-refractivity contribution in [2.75, 3.05) is 6.54 Å². The zero-order valence-electron chi connectivity index (χ0n) is 12.3. The third-order valence-electron chi connectivity index (χ3n) is 3.70. The average Bonchev–Trinajstić information content (AvgIpc) is 3.04. The van der Waals surface area contributed by atoms with Crippen LogP contribution in [0.25, 0.3) is 10.9 Å². The van der Waals surface area contributed by atoms with E-state index in [1.54, 1.807) is 11.3 Å². The van der Waals surface area contributed by atoms with Gasteiger partial charge in [-0.3, -0.25) is 4.98 Å². The molecule has 108 valence electrons. The van der Waals surface area contributed by atoms with E-state index < -0.39 is 0 Å². The van der Waals surface area contributed by atoms with E-state index in [2.05, 4.69) is 58.3 Å². The molecule has 1 aromatic carbocycles. The quantitative estimate of drug-likeness (QED) is 0.720. The lowest BCUT2D eigenvalue weighted by atomic mass is 9.97. The van der Waals surface area contributed by atoms with Crippen molar-refractivity contribution in [1.82, 2.24) is 10.3 Å². The standard InChI is InChI=1S/C18H20N2S/c1-2-9-19-17(12-14-8-11-21-13-14)16-7-3-5-15-6-4-10-20-18(15)16/h3-8,10-11,13,17,19H,2,9,12H2,1H3. The van der Waals surface area contributed by atoms with Gasteiger partial charge in [0.2, 0.25) is 0 Å². The maximum atomic E-state index is 4.60. The van der Waals surface area contributed by atoms with Gasteiger partial charge in [-0.15, -0.1) is 0 Å². The summed E-state index contributed by atoms with van der Waals surface area (Å²) in [4.78, 5) is 4.60. The largest absolute Gasteiger partial charge is 0.310 e. The lowest BCUT2D eigenvalue weighted by Gasteiger charge is -2.20. The second kappa shape index (κ2) is 6.83. The molecule has 0 aliphatic rings. The minimum atomic E-state index is 0.318. The normalized spacial score (nSPS) is 12.6. The molecule has 21 heavy (non-hydrogen) atoms. The molecule has 0 saturated carbocycles. The van der Waals surface area contributed by atoms with Crippen LogP contribution >= 0.6 is 11.3 Å². The maximum absolute atomic E-state index is 4.60. The Labute approximate surface area is 129 Å². The molecule has 1 atom stereocenters. The molecule has 0 amide bonds. The number of benzene rings is 1. The molecule has 2 nitrogen and oxygen atoms in total. The summed E-state index contributed by atoms with van der Waals surface area (Å²) < 4.78 is 0. The van der Waals surface area contributed by atoms with Gasteiger partial charge in [-0.1, -0.05) is 31.2 Å². The molecule has 1 N–H and O–H groups in total. The second-order valence-corrected chi connectivity index (χ2v) is 6.04. The van der Waals surface area contributed by atoms with Crippen molar-refractivity contribution in [2.24, 2.45) is 0 Å². The number of nitrogens with one attached hydrogen (secondary N) is 1. The Kier molecular flexibility index (Phi) is 4.63. The van der Waals surface area contributed by atoms with Gasteiger partial charge in [-0.05, 0) is 53.4 Å². The fraction of sp³-hybridized carbons (Fsp3) is 0.278. The van der Waals surface area contributed by atoms with Crippen LogP contribution in [-0.2, 0) is 6.42 Å². The van der Waals surface area contributed by atoms with Crippen LogP contribution in [0, 0.1) is 0 Å². The van der Waals surface area contributed by atoms with Gasteiger partial charge in [-0.2, -0.15) is 11.3 Å². The summed E-state index contributed by atoms with van der Waals surface area (Å²) in [6, 6.07) is 13.1. The molecular weight excluding hydrogens is 276 g/mol. The van der Waals surface area contributed by atoms with Crippen LogP contribution in [0.2, 0.25) is 0 Å². The molecule has 2 heterocycles. The van der Waals surface area contributed by atoms with Gasteiger partial charge in [0, 0.05) is 17.6 Å². The Morgan fingerprint density at radius 1 is 1.19 bits per heavy atom. The summed E-state index contributed by atoms with van der Waals surface area (Å²) in [5.41, 5.74) is 3.80. The third kappa shape index (κ3) is 3.31. The van der Waals surface area contributed by atoms with E-state index in [-0.39, 0.29) is 0 Å². The first-order valence-electron chi connectivity index (χ1n) is 7.46. The van der Waals surface area contributed by atoms with Gasteiger partial charge in [0.15, 0.2) is 0 Å². The Bertz CT molecular complexity index is 686. The van der Waals surface area contributed by atoms with Crippen molar-refractivity contribution in [1.29, 1.82) is 0 Å². The van der Waals surface area contributed by atoms with E-state index >= 15 is 0 Å². The molecule has 3 aromatic rings. The average molecular weight is 296 g/mol. The minimum absolute atomic E-state index is 0.318. The first-order valence-corrected chi connectivity index (χ1v) is 8.41. The minimum Gasteiger partial charge on any atom is -0.310 e. The van der Waals surface area contributed by atoms with E-state index in [9.17, 15) is 0 Å². The van der Waals surface area contributed by atoms with Crippen LogP contribution in [0.4, 0.5) is 0 Å². The van der Waals surface area contributed by atoms with Crippen molar-refractivity contribution in [3.8, 4) is 0 Å². The molecule has 0 bridgehead atoms. The zero-order chi connectivity index (χ0) is 14.5. The first-order chi connectivity index (χ1) is 10.4. The van der Waals surface area contributed by atoms with Gasteiger partial charge in [-0.25, -0.2) is 0 Å². The van der Waals surface area contributed by atoms with Crippen LogP contribution in [0.15, 0.2) is 53.4 Å². The van der Waals surface area contributed by atoms with Crippen LogP contribution < -0.4 is 5.32 Å². The van der Waals surface area contributed by atoms with E-state index in [1.165, 1.54) is 16.5 Å². The summed E-state index contributed by atoms with van der Waals surface area (Å²) >= 11 is 1.76. The number of para-hydroxylation sites is 1. The number of fused-ring (bicyclic) bond motifs is 1. The summed E-state index contributed by atoms with van der Waals surface area (Å²) in [6.07, 6.45) is 4.03. The number of rotatable bonds is 6. The lowest BCUT2D eigenvalue weighted by Crippen LogP contribution is -2.24. The highest BCUT2D eigenvalue weighted by atomic mass is 32.1. The molecule has 0 fully saturated rings. The zero-order valence-corrected chi connectivity index (χ0v) is 13.1. The number of hydrogen-bond acceptors (Lipinski definition) is 3. The Hall–Kier alpha value is -1.71. The van der Waals surface area contributed by atoms with Crippen LogP contribution in [-0.4, -0.2) is 11.5 Å². The number of thiophene rings is 1. The van der Waals surface area contributed by atoms with Crippen molar-refractivity contribution < 1.29 is 0 Å². The molecular formula is C18H20N2S. The first kappa shape index (κ1) is 14.2. The van der Waals surface area contributed by atoms with E-state index in [4.69, 9.17) is 0 Å². The van der Waals surface area contributed by atoms with Crippen LogP contribution in [0.3, 0.4) is 0 Å². The monoisotopic (exact) mass is 296 g/mol. The Morgan fingerprint density at radius 3 is 2.90 bits per heavy atom. The number of hydrogen-bond donors (Lipinski definition) is 1. The Morgan fingerprint density at radius 2 is 2.10 bits per heavy atom. The third-order valence-corrected chi connectivity index (χ3v) is 4.43. The predicted octanol–water partition coefficient (Wildman–Crippen LogP) is 4.58. The molecule has 1 unspecified atom stereocenters. The predicted molar refractivity (Wildman–Crippen MR) is 90.8 cm³/mol. The summed E-state index contributed by atoms with van der Waals surface area (Å²) in [6.45, 7) is 3.23. The summed E-state index contributed by atoms with van der Waals surface area (Å²) in [5.74, 6) is 0. The smallest absolute Gasteiger partial charge is 0.0749 e. The van der Waals surface area contributed by atoms with Gasteiger partial charge >= 0.3 is 0 Å². The molecule has 0 spiro atoms. The molecule has 0 aliphatic carbocycles. The fourth-order valence-corrected chi connectivity index (χ4v) is 3.35. The van der Waals surface area contributed by atoms with E-state index in [1.807, 2.05) is 12.3 Å². The van der Waals surface area contributed by atoms with Crippen molar-refractivity contribution in [3.63, 3.8) is 0 Å². The molecule has 0 radical (unpaired) electrons. The van der Waals surface area contributed by atoms with Gasteiger partial charge in [0.1, 0.15) is 0 Å². The molecule has 3 heteroatoms. The highest BCUT2D eigenvalue weighted by Crippen LogP contribution is 2.26. The maximum Gasteiger partial charge on any atom is 0.0749 e. The number of pyridine rings is 1. The summed E-state index contributed by atoms with van der Waals surface area (Å²) in [5, 5.41) is 9.27. The highest BCUT2D eigenvalue weighted by molar-refractivity contribution is 7.07. The fourth-order valence-electron chi connectivity index (χ4n) is 2.66. The SMILES string of the molecule is CCCNC(Cc1ccsc1)c1cccc2cccnc12. The van der Waals surface area contributed by atoms with Crippen LogP contribution in [0.1, 0.15) is 30.5 Å². The Balaban J connectivity index is 1.97. The van der Waals surface area contributed by atoms with E-state index in [0.29, 0.717) is 6.04 Å². The van der Waals surface area contributed by atoms with Gasteiger partial charge in [0.05, 0.1) is 5.52 Å². The van der Waals surface area contributed by atoms with Gasteiger partial charge in [0.25, 0.3) is 0 Å². The molecule has 0 aliphatic heterocycles. The molecule has 3 rings (SSSR count). The molecule has 0 saturated heterocycles. The van der Waals surface area contributed by atoms with Gasteiger partial charge < -0.3 is 5.32 Å². The number of nitrogens with zero attached hydrogens (tertiary/aromatic N) is 1. The number of aromatic nitrogens is 1. The molecule has 2 aromatic heterocycles. The lowest BCUT2D eigenvalue weighted by molar-refractivity contribution is 0.532. The second-order valence-electron chi connectivity index (χ2n) is 5.26. The topological polar surface area (TPSA) is 24.9 Å². The summed E-state index contributed by atoms with van der Waals surface area (Å²) in [7, 11) is 0. The van der Waals surface area contributed by atoms with Crippen molar-refractivity contribution in [3.05, 3.63) is 64.5 Å². The highest BCUT2D eigenvalue weighted by Gasteiger charge is 2.15. The van der Waals surface area contributed by atoms with Crippen molar-refractivity contribution >= 4 is 22.2 Å². The van der Waals surface area contributed by atoms with Crippen molar-refractivity contribution in [2.45, 2.75) is 25.8 Å².